The van der Waals surface area contributed by atoms with Gasteiger partial charge in [-0.05, 0) is 158 Å². The molecule has 12 rings (SSSR count). The Kier molecular flexibility index (Phi) is 13.1. The maximum Gasteiger partial charge on any atom is 0.407 e. The number of nitrogens with one attached hydrogen (secondary N) is 4. The highest BCUT2D eigenvalue weighted by molar-refractivity contribution is 6.00. The second-order valence-electron chi connectivity index (χ2n) is 18.4. The molecule has 0 unspecified atom stereocenters. The van der Waals surface area contributed by atoms with Crippen LogP contribution in [0.1, 0.15) is 73.6 Å². The van der Waals surface area contributed by atoms with Gasteiger partial charge < -0.3 is 40.5 Å². The molecule has 4 aromatic carbocycles. The Balaban J connectivity index is 0.878. The summed E-state index contributed by atoms with van der Waals surface area (Å²) in [5.74, 6) is -0.849. The molecule has 4 bridgehead atoms. The number of rotatable bonds is 12. The van der Waals surface area contributed by atoms with Crippen LogP contribution in [0.5, 0.6) is 0 Å². The lowest BCUT2D eigenvalue weighted by atomic mass is 9.87. The Labute approximate surface area is 385 Å². The Bertz CT molecular complexity index is 2360. The molecule has 2 saturated carbocycles. The smallest absolute Gasteiger partial charge is 0.407 e. The zero-order chi connectivity index (χ0) is 45.9. The first-order chi connectivity index (χ1) is 32.1. The molecule has 14 heteroatoms. The molecule has 14 nitrogen and oxygen atoms in total. The van der Waals surface area contributed by atoms with Crippen molar-refractivity contribution in [2.75, 3.05) is 37.9 Å². The van der Waals surface area contributed by atoms with E-state index in [1.54, 1.807) is 9.80 Å². The summed E-state index contributed by atoms with van der Waals surface area (Å²) in [5, 5.41) is 11.6. The summed E-state index contributed by atoms with van der Waals surface area (Å²) in [4.78, 5) is 82.3. The molecule has 2 aliphatic heterocycles. The van der Waals surface area contributed by atoms with Crippen molar-refractivity contribution in [3.05, 3.63) is 107 Å². The number of aryl methyl sites for hydroxylation is 4. The third kappa shape index (κ3) is 9.92. The topological polar surface area (TPSA) is 175 Å². The number of carbonyl (C=O) groups is 6. The van der Waals surface area contributed by atoms with Gasteiger partial charge >= 0.3 is 12.2 Å². The molecule has 0 spiro atoms. The first kappa shape index (κ1) is 44.5. The predicted octanol–water partition coefficient (Wildman–Crippen LogP) is 7.03. The minimum Gasteiger partial charge on any atom is -0.453 e. The van der Waals surface area contributed by atoms with Gasteiger partial charge in [0.1, 0.15) is 24.2 Å². The van der Waals surface area contributed by atoms with Crippen LogP contribution in [-0.4, -0.2) is 97.1 Å². The van der Waals surface area contributed by atoms with Gasteiger partial charge in [-0.3, -0.25) is 19.2 Å². The average molecular weight is 895 g/mol. The fourth-order valence-corrected chi connectivity index (χ4v) is 10.0. The average Bonchev–Trinajstić information content (AvgIpc) is 4.25. The van der Waals surface area contributed by atoms with Gasteiger partial charge in [-0.1, -0.05) is 60.7 Å². The summed E-state index contributed by atoms with van der Waals surface area (Å²) >= 11 is 0. The van der Waals surface area contributed by atoms with Gasteiger partial charge in [-0.2, -0.15) is 0 Å². The summed E-state index contributed by atoms with van der Waals surface area (Å²) < 4.78 is 9.56. The number of benzene rings is 4. The van der Waals surface area contributed by atoms with E-state index in [1.807, 2.05) is 36.4 Å². The molecule has 344 valence electrons. The summed E-state index contributed by atoms with van der Waals surface area (Å²) in [7, 11) is 2.55. The van der Waals surface area contributed by atoms with E-state index >= 15 is 0 Å². The number of likely N-dealkylation sites (tertiary alicyclic amines) is 2. The highest BCUT2D eigenvalue weighted by atomic mass is 16.5. The van der Waals surface area contributed by atoms with Crippen LogP contribution in [0.2, 0.25) is 0 Å². The van der Waals surface area contributed by atoms with Gasteiger partial charge in [0, 0.05) is 24.5 Å². The van der Waals surface area contributed by atoms with Crippen molar-refractivity contribution in [1.82, 2.24) is 20.4 Å². The Morgan fingerprint density at radius 3 is 1.35 bits per heavy atom. The molecule has 2 heterocycles. The minimum absolute atomic E-state index is 0.0529. The molecular weight excluding hydrogens is 837 g/mol. The second kappa shape index (κ2) is 19.4. The Morgan fingerprint density at radius 1 is 0.530 bits per heavy atom. The monoisotopic (exact) mass is 894 g/mol. The van der Waals surface area contributed by atoms with Crippen LogP contribution < -0.4 is 21.3 Å². The van der Waals surface area contributed by atoms with E-state index in [-0.39, 0.29) is 35.5 Å². The van der Waals surface area contributed by atoms with Gasteiger partial charge in [0.2, 0.25) is 23.6 Å². The van der Waals surface area contributed by atoms with Gasteiger partial charge in [0.05, 0.1) is 14.2 Å². The van der Waals surface area contributed by atoms with E-state index in [1.165, 1.54) is 36.5 Å². The van der Waals surface area contributed by atoms with Crippen molar-refractivity contribution in [2.45, 2.75) is 101 Å². The minimum atomic E-state index is -0.699. The lowest BCUT2D eigenvalue weighted by Gasteiger charge is -2.28. The van der Waals surface area contributed by atoms with Crippen molar-refractivity contribution < 1.29 is 38.2 Å². The number of alkyl carbamates (subject to hydrolysis) is 2. The van der Waals surface area contributed by atoms with E-state index < -0.39 is 36.4 Å². The van der Waals surface area contributed by atoms with Crippen LogP contribution in [0.15, 0.2) is 84.9 Å². The number of carbonyl (C=O) groups excluding carboxylic acids is 6. The van der Waals surface area contributed by atoms with Gasteiger partial charge in [0.25, 0.3) is 0 Å². The van der Waals surface area contributed by atoms with E-state index in [0.29, 0.717) is 50.1 Å². The van der Waals surface area contributed by atoms with Crippen molar-refractivity contribution in [3.8, 4) is 22.3 Å². The maximum atomic E-state index is 13.8. The fourth-order valence-electron chi connectivity index (χ4n) is 10.0. The summed E-state index contributed by atoms with van der Waals surface area (Å²) in [6.07, 6.45) is 7.76. The summed E-state index contributed by atoms with van der Waals surface area (Å²) in [5.41, 5.74) is 10.3. The van der Waals surface area contributed by atoms with E-state index in [9.17, 15) is 28.8 Å². The van der Waals surface area contributed by atoms with E-state index in [2.05, 4.69) is 69.8 Å². The lowest BCUT2D eigenvalue weighted by molar-refractivity contribution is -0.138. The zero-order valence-corrected chi connectivity index (χ0v) is 37.6. The Morgan fingerprint density at radius 2 is 0.955 bits per heavy atom. The SMILES string of the molecule is COC(=O)N[C@H](C(=O)N1CCC[C@H]1C(=O)Nc1cccc(-c2cc3ccc2CCc2ccc(c(-c4cccc(NC(=O)[C@@H]5CCCN5C(=O)[C@@H](NC(=O)OC)C5CC5)c4)c2)CC3)c1)C1CC1. The quantitative estimate of drug-likeness (QED) is 0.117. The number of hydrogen-bond donors (Lipinski definition) is 4. The third-order valence-corrected chi connectivity index (χ3v) is 13.9. The second-order valence-corrected chi connectivity index (χ2v) is 18.4. The fraction of sp³-hybridized carbons (Fsp3) is 0.423. The number of ether oxygens (including phenoxy) is 2. The van der Waals surface area contributed by atoms with Crippen LogP contribution in [-0.2, 0) is 54.3 Å². The molecule has 8 aliphatic rings. The lowest BCUT2D eigenvalue weighted by Crippen LogP contribution is -2.53. The van der Waals surface area contributed by atoms with Gasteiger partial charge in [-0.25, -0.2) is 9.59 Å². The van der Waals surface area contributed by atoms with Crippen molar-refractivity contribution in [3.63, 3.8) is 0 Å². The number of anilines is 2. The van der Waals surface area contributed by atoms with E-state index in [4.69, 9.17) is 9.47 Å². The van der Waals surface area contributed by atoms with Crippen molar-refractivity contribution in [2.24, 2.45) is 11.8 Å². The maximum absolute atomic E-state index is 13.8. The standard InChI is InChI=1S/C52H58N6O8/c1-65-51(63)55-45(35-21-22-35)49(61)57-25-5-11-43(57)47(59)53-39-9-3-7-37(29-39)41-27-31-13-17-33(41)19-15-32-14-18-34(20-16-31)42(28-32)38-8-4-10-40(30-38)54-48(60)44-12-6-26-58(44)50(62)46(36-23-24-36)56-52(64)66-2/h3-4,7-10,13-14,17-18,27-30,35-36,43-46H,5-6,11-12,15-16,19-26H2,1-2H3,(H,53,59)(H,54,60)(H,55,63)(H,56,64)/t43-,44-,45-,46-/m0/s1. The highest BCUT2D eigenvalue weighted by Gasteiger charge is 2.45. The largest absolute Gasteiger partial charge is 0.453 e. The van der Waals surface area contributed by atoms with Crippen LogP contribution in [0, 0.1) is 11.8 Å². The van der Waals surface area contributed by atoms with Crippen LogP contribution in [0.3, 0.4) is 0 Å². The molecule has 4 N–H and O–H groups in total. The molecule has 4 atom stereocenters. The molecule has 4 aromatic rings. The van der Waals surface area contributed by atoms with Crippen molar-refractivity contribution >= 4 is 47.2 Å². The summed E-state index contributed by atoms with van der Waals surface area (Å²) in [6.45, 7) is 0.914. The number of nitrogens with zero attached hydrogens (tertiary/aromatic N) is 2. The molecular formula is C52H58N6O8. The Hall–Kier alpha value is -6.70. The van der Waals surface area contributed by atoms with Crippen molar-refractivity contribution in [1.29, 1.82) is 0 Å². The molecule has 66 heavy (non-hydrogen) atoms. The first-order valence-electron chi connectivity index (χ1n) is 23.4. The molecule has 6 aliphatic carbocycles. The van der Waals surface area contributed by atoms with Crippen LogP contribution in [0.25, 0.3) is 22.3 Å². The molecule has 0 radical (unpaired) electrons. The number of methoxy groups -OCH3 is 2. The van der Waals surface area contributed by atoms with Crippen LogP contribution in [0.4, 0.5) is 21.0 Å². The zero-order valence-electron chi connectivity index (χ0n) is 37.6. The highest BCUT2D eigenvalue weighted by Crippen LogP contribution is 2.37. The molecule has 6 amide bonds. The molecule has 4 fully saturated rings. The summed E-state index contributed by atoms with van der Waals surface area (Å²) in [6, 6.07) is 26.5. The molecule has 0 aromatic heterocycles. The predicted molar refractivity (Wildman–Crippen MR) is 249 cm³/mol. The number of amides is 6. The first-order valence-corrected chi connectivity index (χ1v) is 23.4. The third-order valence-electron chi connectivity index (χ3n) is 13.9. The van der Waals surface area contributed by atoms with Gasteiger partial charge in [-0.15, -0.1) is 0 Å². The van der Waals surface area contributed by atoms with Gasteiger partial charge in [0.15, 0.2) is 0 Å². The molecule has 2 saturated heterocycles. The van der Waals surface area contributed by atoms with Crippen LogP contribution >= 0.6 is 0 Å². The normalized spacial score (nSPS) is 19.8. The number of hydrogen-bond acceptors (Lipinski definition) is 8. The van der Waals surface area contributed by atoms with E-state index in [0.717, 1.165) is 73.6 Å².